The summed E-state index contributed by atoms with van der Waals surface area (Å²) in [5.74, 6) is -0.942. The van der Waals surface area contributed by atoms with Crippen molar-refractivity contribution < 1.29 is 19.8 Å². The number of aliphatic hydroxyl groups is 1. The van der Waals surface area contributed by atoms with E-state index in [1.54, 1.807) is 0 Å². The van der Waals surface area contributed by atoms with E-state index in [9.17, 15) is 14.7 Å². The van der Waals surface area contributed by atoms with Crippen molar-refractivity contribution in [1.29, 1.82) is 0 Å². The second-order valence-corrected chi connectivity index (χ2v) is 5.19. The maximum Gasteiger partial charge on any atom is 0.326 e. The summed E-state index contributed by atoms with van der Waals surface area (Å²) in [5, 5.41) is 18.3. The van der Waals surface area contributed by atoms with Crippen molar-refractivity contribution in [1.82, 2.24) is 9.80 Å². The Bertz CT molecular complexity index is 320. The fraction of sp³-hybridized carbons (Fsp3) is 0.846. The summed E-state index contributed by atoms with van der Waals surface area (Å²) in [5.41, 5.74) is 0. The molecule has 1 saturated heterocycles. The zero-order valence-corrected chi connectivity index (χ0v) is 11.7. The van der Waals surface area contributed by atoms with Crippen LogP contribution in [0.2, 0.25) is 0 Å². The van der Waals surface area contributed by atoms with Gasteiger partial charge in [-0.15, -0.1) is 0 Å². The van der Waals surface area contributed by atoms with E-state index < -0.39 is 12.0 Å². The minimum atomic E-state index is -0.942. The molecule has 1 aliphatic rings. The highest BCUT2D eigenvalue weighted by atomic mass is 16.4. The molecule has 0 aromatic heterocycles. The van der Waals surface area contributed by atoms with Gasteiger partial charge >= 0.3 is 12.0 Å². The molecule has 1 unspecified atom stereocenters. The third-order valence-electron chi connectivity index (χ3n) is 3.49. The van der Waals surface area contributed by atoms with Crippen LogP contribution in [0.25, 0.3) is 0 Å². The Morgan fingerprint density at radius 1 is 1.32 bits per heavy atom. The number of amides is 2. The Morgan fingerprint density at radius 2 is 2.00 bits per heavy atom. The molecule has 0 aromatic carbocycles. The van der Waals surface area contributed by atoms with Crippen LogP contribution in [0.1, 0.15) is 39.5 Å². The number of aliphatic hydroxyl groups excluding tert-OH is 1. The van der Waals surface area contributed by atoms with Crippen molar-refractivity contribution in [3.63, 3.8) is 0 Å². The van der Waals surface area contributed by atoms with Crippen molar-refractivity contribution in [3.05, 3.63) is 0 Å². The quantitative estimate of drug-likeness (QED) is 0.804. The molecule has 0 aliphatic carbocycles. The number of aliphatic carboxylic acids is 1. The summed E-state index contributed by atoms with van der Waals surface area (Å²) in [6.45, 7) is 4.32. The molecule has 1 atom stereocenters. The fourth-order valence-electron chi connectivity index (χ4n) is 2.44. The van der Waals surface area contributed by atoms with Gasteiger partial charge in [-0.25, -0.2) is 9.59 Å². The molecular weight excluding hydrogens is 248 g/mol. The van der Waals surface area contributed by atoms with E-state index >= 15 is 0 Å². The molecule has 1 rings (SSSR count). The Morgan fingerprint density at radius 3 is 2.53 bits per heavy atom. The van der Waals surface area contributed by atoms with Crippen molar-refractivity contribution in [3.8, 4) is 0 Å². The van der Waals surface area contributed by atoms with Gasteiger partial charge in [0.05, 0.1) is 6.61 Å². The van der Waals surface area contributed by atoms with Crippen LogP contribution in [0.4, 0.5) is 4.79 Å². The fourth-order valence-corrected chi connectivity index (χ4v) is 2.44. The molecule has 0 bridgehead atoms. The van der Waals surface area contributed by atoms with Crippen LogP contribution in [0.5, 0.6) is 0 Å². The number of carbonyl (C=O) groups is 2. The van der Waals surface area contributed by atoms with Crippen LogP contribution < -0.4 is 0 Å². The predicted molar refractivity (Wildman–Crippen MR) is 70.9 cm³/mol. The molecule has 1 fully saturated rings. The van der Waals surface area contributed by atoms with Gasteiger partial charge < -0.3 is 20.0 Å². The van der Waals surface area contributed by atoms with Gasteiger partial charge in [-0.1, -0.05) is 12.8 Å². The van der Waals surface area contributed by atoms with Gasteiger partial charge in [0.15, 0.2) is 0 Å². The molecule has 2 N–H and O–H groups in total. The number of hydrogen-bond donors (Lipinski definition) is 2. The molecule has 1 heterocycles. The smallest absolute Gasteiger partial charge is 0.326 e. The zero-order valence-electron chi connectivity index (χ0n) is 11.7. The van der Waals surface area contributed by atoms with Crippen molar-refractivity contribution >= 4 is 12.0 Å². The van der Waals surface area contributed by atoms with Crippen LogP contribution in [0, 0.1) is 0 Å². The standard InChI is InChI=1S/C13H24N2O4/c1-10(2)14(8-9-16)13(19)15-7-5-3-4-6-11(15)12(17)18/h10-11,16H,3-9H2,1-2H3,(H,17,18). The SMILES string of the molecule is CC(C)N(CCO)C(=O)N1CCCCCC1C(=O)O. The Labute approximate surface area is 114 Å². The second kappa shape index (κ2) is 7.33. The number of rotatable bonds is 4. The van der Waals surface area contributed by atoms with Crippen LogP contribution in [0.15, 0.2) is 0 Å². The Kier molecular flexibility index (Phi) is 6.08. The third kappa shape index (κ3) is 4.09. The van der Waals surface area contributed by atoms with Gasteiger partial charge in [0, 0.05) is 19.1 Å². The second-order valence-electron chi connectivity index (χ2n) is 5.19. The highest BCUT2D eigenvalue weighted by Gasteiger charge is 2.33. The molecule has 19 heavy (non-hydrogen) atoms. The lowest BCUT2D eigenvalue weighted by molar-refractivity contribution is -0.142. The average molecular weight is 272 g/mol. The summed E-state index contributed by atoms with van der Waals surface area (Å²) < 4.78 is 0. The number of hydrogen-bond acceptors (Lipinski definition) is 3. The molecule has 0 aromatic rings. The van der Waals surface area contributed by atoms with Crippen LogP contribution in [0.3, 0.4) is 0 Å². The van der Waals surface area contributed by atoms with E-state index in [1.807, 2.05) is 13.8 Å². The van der Waals surface area contributed by atoms with Crippen LogP contribution >= 0.6 is 0 Å². The minimum Gasteiger partial charge on any atom is -0.480 e. The topological polar surface area (TPSA) is 81.1 Å². The maximum atomic E-state index is 12.5. The molecule has 1 aliphatic heterocycles. The van der Waals surface area contributed by atoms with Gasteiger partial charge in [-0.05, 0) is 26.7 Å². The number of likely N-dealkylation sites (tertiary alicyclic amines) is 1. The van der Waals surface area contributed by atoms with Gasteiger partial charge in [-0.2, -0.15) is 0 Å². The minimum absolute atomic E-state index is 0.0580. The van der Waals surface area contributed by atoms with Crippen molar-refractivity contribution in [2.24, 2.45) is 0 Å². The number of carboxylic acids is 1. The summed E-state index contributed by atoms with van der Waals surface area (Å²) in [4.78, 5) is 26.8. The van der Waals surface area contributed by atoms with Crippen LogP contribution in [-0.2, 0) is 4.79 Å². The number of nitrogens with zero attached hydrogens (tertiary/aromatic N) is 2. The highest BCUT2D eigenvalue weighted by molar-refractivity contribution is 5.83. The number of urea groups is 1. The van der Waals surface area contributed by atoms with E-state index in [0.717, 1.165) is 19.3 Å². The van der Waals surface area contributed by atoms with E-state index in [0.29, 0.717) is 13.0 Å². The molecule has 110 valence electrons. The van der Waals surface area contributed by atoms with E-state index in [2.05, 4.69) is 0 Å². The third-order valence-corrected chi connectivity index (χ3v) is 3.49. The molecule has 0 radical (unpaired) electrons. The van der Waals surface area contributed by atoms with Gasteiger partial charge in [0.25, 0.3) is 0 Å². The summed E-state index contributed by atoms with van der Waals surface area (Å²) in [6, 6.07) is -1.08. The van der Waals surface area contributed by atoms with E-state index in [-0.39, 0.29) is 25.2 Å². The number of carbonyl (C=O) groups excluding carboxylic acids is 1. The van der Waals surface area contributed by atoms with E-state index in [1.165, 1.54) is 9.80 Å². The summed E-state index contributed by atoms with van der Waals surface area (Å²) in [6.07, 6.45) is 3.13. The Hall–Kier alpha value is -1.30. The van der Waals surface area contributed by atoms with Crippen LogP contribution in [-0.4, -0.2) is 63.8 Å². The lowest BCUT2D eigenvalue weighted by Crippen LogP contribution is -2.53. The van der Waals surface area contributed by atoms with Gasteiger partial charge in [0.2, 0.25) is 0 Å². The normalized spacial score (nSPS) is 20.2. The van der Waals surface area contributed by atoms with Gasteiger partial charge in [0.1, 0.15) is 6.04 Å². The first-order valence-electron chi connectivity index (χ1n) is 6.90. The van der Waals surface area contributed by atoms with Crippen molar-refractivity contribution in [2.75, 3.05) is 19.7 Å². The first kappa shape index (κ1) is 15.8. The maximum absolute atomic E-state index is 12.5. The molecule has 0 spiro atoms. The first-order chi connectivity index (χ1) is 8.99. The molecule has 6 heteroatoms. The molecule has 2 amide bonds. The summed E-state index contributed by atoms with van der Waals surface area (Å²) >= 11 is 0. The monoisotopic (exact) mass is 272 g/mol. The number of carboxylic acid groups (broad SMARTS) is 1. The molecule has 6 nitrogen and oxygen atoms in total. The zero-order chi connectivity index (χ0) is 14.4. The first-order valence-corrected chi connectivity index (χ1v) is 6.90. The summed E-state index contributed by atoms with van der Waals surface area (Å²) in [7, 11) is 0. The highest BCUT2D eigenvalue weighted by Crippen LogP contribution is 2.19. The van der Waals surface area contributed by atoms with E-state index in [4.69, 9.17) is 5.11 Å². The average Bonchev–Trinajstić information content (AvgIpc) is 2.60. The Balaban J connectivity index is 2.87. The molecule has 0 saturated carbocycles. The largest absolute Gasteiger partial charge is 0.480 e. The lowest BCUT2D eigenvalue weighted by Gasteiger charge is -2.35. The van der Waals surface area contributed by atoms with Gasteiger partial charge in [-0.3, -0.25) is 0 Å². The predicted octanol–water partition coefficient (Wildman–Crippen LogP) is 1.14. The molecular formula is C13H24N2O4. The van der Waals surface area contributed by atoms with Crippen molar-refractivity contribution in [2.45, 2.75) is 51.6 Å². The lowest BCUT2D eigenvalue weighted by atomic mass is 10.1.